The summed E-state index contributed by atoms with van der Waals surface area (Å²) in [4.78, 5) is 25.4. The lowest BCUT2D eigenvalue weighted by Gasteiger charge is -2.42. The summed E-state index contributed by atoms with van der Waals surface area (Å²) < 4.78 is 5.30. The molecule has 0 radical (unpaired) electrons. The summed E-state index contributed by atoms with van der Waals surface area (Å²) >= 11 is 0. The third-order valence-electron chi connectivity index (χ3n) is 3.62. The van der Waals surface area contributed by atoms with Crippen molar-refractivity contribution in [1.82, 2.24) is 4.90 Å². The number of hydrogen-bond acceptors (Lipinski definition) is 3. The molecular weight excluding hydrogens is 242 g/mol. The number of amides is 2. The lowest BCUT2D eigenvalue weighted by atomic mass is 9.89. The first-order valence-electron chi connectivity index (χ1n) is 6.52. The summed E-state index contributed by atoms with van der Waals surface area (Å²) in [5.74, 6) is -0.194. The van der Waals surface area contributed by atoms with Crippen LogP contribution in [0.4, 0.5) is 4.79 Å². The minimum Gasteiger partial charge on any atom is -0.443 e. The van der Waals surface area contributed by atoms with Crippen LogP contribution in [0.15, 0.2) is 24.3 Å². The Bertz CT molecular complexity index is 559. The van der Waals surface area contributed by atoms with E-state index in [-0.39, 0.29) is 17.9 Å². The van der Waals surface area contributed by atoms with Crippen LogP contribution in [0.3, 0.4) is 0 Å². The van der Waals surface area contributed by atoms with Crippen molar-refractivity contribution >= 4 is 12.0 Å². The van der Waals surface area contributed by atoms with Gasteiger partial charge in [-0.05, 0) is 38.3 Å². The average molecular weight is 259 g/mol. The fourth-order valence-electron chi connectivity index (χ4n) is 2.86. The molecule has 0 bridgehead atoms. The molecule has 2 amide bonds. The molecule has 1 fully saturated rings. The Morgan fingerprint density at radius 1 is 1.32 bits per heavy atom. The van der Waals surface area contributed by atoms with Crippen LogP contribution in [0.2, 0.25) is 0 Å². The molecule has 0 spiro atoms. The number of β-lactam (4-membered cyclic amide) rings is 1. The van der Waals surface area contributed by atoms with Gasteiger partial charge in [0.25, 0.3) is 0 Å². The Morgan fingerprint density at radius 3 is 2.68 bits per heavy atom. The molecule has 4 nitrogen and oxygen atoms in total. The van der Waals surface area contributed by atoms with E-state index < -0.39 is 11.7 Å². The number of carbonyl (C=O) groups excluding carboxylic acids is 2. The van der Waals surface area contributed by atoms with Crippen molar-refractivity contribution in [2.75, 3.05) is 0 Å². The van der Waals surface area contributed by atoms with Gasteiger partial charge in [0.2, 0.25) is 5.91 Å². The topological polar surface area (TPSA) is 46.6 Å². The van der Waals surface area contributed by atoms with Crippen LogP contribution >= 0.6 is 0 Å². The average Bonchev–Trinajstić information content (AvgIpc) is 2.62. The number of nitrogens with zero attached hydrogens (tertiary/aromatic N) is 1. The minimum atomic E-state index is -0.583. The van der Waals surface area contributed by atoms with Crippen LogP contribution in [0.1, 0.15) is 37.9 Å². The minimum absolute atomic E-state index is 0.0788. The predicted molar refractivity (Wildman–Crippen MR) is 69.5 cm³/mol. The first-order chi connectivity index (χ1) is 8.88. The summed E-state index contributed by atoms with van der Waals surface area (Å²) in [6.45, 7) is 5.40. The Hall–Kier alpha value is -1.84. The van der Waals surface area contributed by atoms with Crippen molar-refractivity contribution in [2.24, 2.45) is 5.92 Å². The fraction of sp³-hybridized carbons (Fsp3) is 0.467. The second-order valence-electron chi connectivity index (χ2n) is 6.14. The highest BCUT2D eigenvalue weighted by Gasteiger charge is 2.56. The van der Waals surface area contributed by atoms with Gasteiger partial charge in [-0.15, -0.1) is 0 Å². The van der Waals surface area contributed by atoms with Gasteiger partial charge in [-0.3, -0.25) is 4.79 Å². The summed E-state index contributed by atoms with van der Waals surface area (Å²) in [5, 5.41) is 0. The number of rotatable bonds is 0. The van der Waals surface area contributed by atoms with E-state index in [1.165, 1.54) is 4.90 Å². The largest absolute Gasteiger partial charge is 0.443 e. The van der Waals surface area contributed by atoms with Gasteiger partial charge >= 0.3 is 6.09 Å². The molecule has 0 saturated carbocycles. The molecule has 0 N–H and O–H groups in total. The van der Waals surface area contributed by atoms with Crippen molar-refractivity contribution < 1.29 is 14.3 Å². The summed E-state index contributed by atoms with van der Waals surface area (Å²) in [6, 6.07) is 7.79. The molecule has 3 rings (SSSR count). The molecule has 1 aliphatic heterocycles. The van der Waals surface area contributed by atoms with Crippen LogP contribution in [-0.2, 0) is 16.0 Å². The molecule has 1 heterocycles. The van der Waals surface area contributed by atoms with Gasteiger partial charge in [-0.25, -0.2) is 9.69 Å². The Morgan fingerprint density at radius 2 is 2.00 bits per heavy atom. The Labute approximate surface area is 112 Å². The second-order valence-corrected chi connectivity index (χ2v) is 6.14. The monoisotopic (exact) mass is 259 g/mol. The highest BCUT2D eigenvalue weighted by molar-refractivity contribution is 6.00. The Balaban J connectivity index is 1.86. The smallest absolute Gasteiger partial charge is 0.417 e. The number of benzene rings is 1. The van der Waals surface area contributed by atoms with E-state index in [4.69, 9.17) is 4.74 Å². The predicted octanol–water partition coefficient (Wildman–Crippen LogP) is 2.68. The SMILES string of the molecule is CC(C)(C)OC(=O)N1C(=O)[C@H]2Cc3ccccc3[C@H]21. The van der Waals surface area contributed by atoms with Gasteiger partial charge in [-0.2, -0.15) is 0 Å². The summed E-state index contributed by atoms with van der Waals surface area (Å²) in [6.07, 6.45) is 0.203. The second kappa shape index (κ2) is 3.83. The first kappa shape index (κ1) is 12.2. The number of imide groups is 1. The van der Waals surface area contributed by atoms with Crippen LogP contribution in [-0.4, -0.2) is 22.5 Å². The van der Waals surface area contributed by atoms with Gasteiger partial charge in [0.1, 0.15) is 5.60 Å². The maximum Gasteiger partial charge on any atom is 0.417 e. The van der Waals surface area contributed by atoms with E-state index in [1.807, 2.05) is 24.3 Å². The molecule has 4 heteroatoms. The standard InChI is InChI=1S/C15H17NO3/c1-15(2,3)19-14(18)16-12-10-7-5-4-6-9(10)8-11(12)13(16)17/h4-7,11-12H,8H2,1-3H3/t11-,12+/m0/s1. The number of hydrogen-bond donors (Lipinski definition) is 0. The van der Waals surface area contributed by atoms with E-state index >= 15 is 0 Å². The van der Waals surface area contributed by atoms with Crippen LogP contribution in [0, 0.1) is 5.92 Å². The van der Waals surface area contributed by atoms with Gasteiger partial charge in [0, 0.05) is 0 Å². The molecule has 19 heavy (non-hydrogen) atoms. The number of likely N-dealkylation sites (tertiary alicyclic amines) is 1. The quantitative estimate of drug-likeness (QED) is 0.673. The molecule has 1 saturated heterocycles. The maximum absolute atomic E-state index is 12.1. The highest BCUT2D eigenvalue weighted by atomic mass is 16.6. The number of fused-ring (bicyclic) bond motifs is 3. The zero-order chi connectivity index (χ0) is 13.8. The van der Waals surface area contributed by atoms with E-state index in [0.29, 0.717) is 0 Å². The van der Waals surface area contributed by atoms with Crippen molar-refractivity contribution in [2.45, 2.75) is 38.8 Å². The van der Waals surface area contributed by atoms with Gasteiger partial charge < -0.3 is 4.74 Å². The van der Waals surface area contributed by atoms with Crippen molar-refractivity contribution in [3.05, 3.63) is 35.4 Å². The zero-order valence-corrected chi connectivity index (χ0v) is 11.3. The molecule has 1 aromatic carbocycles. The van der Waals surface area contributed by atoms with E-state index in [9.17, 15) is 9.59 Å². The maximum atomic E-state index is 12.1. The molecular formula is C15H17NO3. The molecule has 0 aromatic heterocycles. The third-order valence-corrected chi connectivity index (χ3v) is 3.62. The highest BCUT2D eigenvalue weighted by Crippen LogP contribution is 2.49. The van der Waals surface area contributed by atoms with Gasteiger partial charge in [0.05, 0.1) is 12.0 Å². The molecule has 1 aliphatic carbocycles. The Kier molecular flexibility index (Phi) is 2.46. The van der Waals surface area contributed by atoms with E-state index in [0.717, 1.165) is 17.5 Å². The lowest BCUT2D eigenvalue weighted by molar-refractivity contribution is -0.152. The molecule has 2 aliphatic rings. The molecule has 1 aromatic rings. The van der Waals surface area contributed by atoms with Gasteiger partial charge in [-0.1, -0.05) is 24.3 Å². The number of carbonyl (C=O) groups is 2. The van der Waals surface area contributed by atoms with Crippen LogP contribution < -0.4 is 0 Å². The van der Waals surface area contributed by atoms with Crippen molar-refractivity contribution in [3.8, 4) is 0 Å². The van der Waals surface area contributed by atoms with E-state index in [1.54, 1.807) is 20.8 Å². The zero-order valence-electron chi connectivity index (χ0n) is 11.3. The fourth-order valence-corrected chi connectivity index (χ4v) is 2.86. The summed E-state index contributed by atoms with van der Waals surface area (Å²) in [5.41, 5.74) is 1.66. The van der Waals surface area contributed by atoms with Crippen molar-refractivity contribution in [1.29, 1.82) is 0 Å². The van der Waals surface area contributed by atoms with Crippen LogP contribution in [0.25, 0.3) is 0 Å². The van der Waals surface area contributed by atoms with Crippen LogP contribution in [0.5, 0.6) is 0 Å². The molecule has 0 unspecified atom stereocenters. The molecule has 2 atom stereocenters. The normalized spacial score (nSPS) is 24.6. The summed E-state index contributed by atoms with van der Waals surface area (Å²) in [7, 11) is 0. The molecule has 100 valence electrons. The van der Waals surface area contributed by atoms with E-state index in [2.05, 4.69) is 0 Å². The number of ether oxygens (including phenoxy) is 1. The van der Waals surface area contributed by atoms with Gasteiger partial charge in [0.15, 0.2) is 0 Å². The third kappa shape index (κ3) is 1.82. The van der Waals surface area contributed by atoms with Crippen molar-refractivity contribution in [3.63, 3.8) is 0 Å². The lowest BCUT2D eigenvalue weighted by Crippen LogP contribution is -2.57. The first-order valence-corrected chi connectivity index (χ1v) is 6.52.